The number of rotatable bonds is 2. The Hall–Kier alpha value is 0.177. The molecule has 1 rings (SSSR count). The second kappa shape index (κ2) is 3.37. The van der Waals surface area contributed by atoms with Gasteiger partial charge in [-0.25, -0.2) is 0 Å². The van der Waals surface area contributed by atoms with Crippen LogP contribution in [-0.4, -0.2) is 27.3 Å². The van der Waals surface area contributed by atoms with E-state index in [1.54, 1.807) is 0 Å². The Morgan fingerprint density at radius 1 is 1.33 bits per heavy atom. The van der Waals surface area contributed by atoms with Crippen molar-refractivity contribution in [2.45, 2.75) is 38.3 Å². The highest BCUT2D eigenvalue weighted by Crippen LogP contribution is 2.21. The van der Waals surface area contributed by atoms with Gasteiger partial charge in [0, 0.05) is 6.04 Å². The lowest BCUT2D eigenvalue weighted by molar-refractivity contribution is 0.394. The smallest absolute Gasteiger partial charge is 0.0919 e. The second-order valence-corrected chi connectivity index (χ2v) is 4.64. The molecule has 1 aliphatic rings. The minimum Gasteiger partial charge on any atom is -0.329 e. The van der Waals surface area contributed by atoms with Gasteiger partial charge in [0.25, 0.3) is 0 Å². The zero-order valence-electron chi connectivity index (χ0n) is 6.56. The molecule has 2 heteroatoms. The minimum atomic E-state index is 0.142. The molecule has 0 N–H and O–H groups in total. The fourth-order valence-corrected chi connectivity index (χ4v) is 2.48. The van der Waals surface area contributed by atoms with Gasteiger partial charge < -0.3 is 4.57 Å². The van der Waals surface area contributed by atoms with Crippen LogP contribution in [0.5, 0.6) is 0 Å². The Balaban J connectivity index is 2.24. The van der Waals surface area contributed by atoms with Crippen molar-refractivity contribution in [3.8, 4) is 0 Å². The minimum absolute atomic E-state index is 0.142. The van der Waals surface area contributed by atoms with Crippen molar-refractivity contribution >= 4 is 9.68 Å². The fraction of sp³-hybridized carbons (Fsp3) is 1.00. The van der Waals surface area contributed by atoms with Gasteiger partial charge in [0.2, 0.25) is 0 Å². The van der Waals surface area contributed by atoms with Gasteiger partial charge in [-0.1, -0.05) is 19.4 Å². The van der Waals surface area contributed by atoms with E-state index in [2.05, 4.69) is 18.2 Å². The molecule has 0 radical (unpaired) electrons. The summed E-state index contributed by atoms with van der Waals surface area (Å²) in [4.78, 5) is 0. The summed E-state index contributed by atoms with van der Waals surface area (Å²) < 4.78 is 2.60. The van der Waals surface area contributed by atoms with Gasteiger partial charge in [0.1, 0.15) is 0 Å². The summed E-state index contributed by atoms with van der Waals surface area (Å²) in [6.07, 6.45) is 5.89. The van der Waals surface area contributed by atoms with Crippen LogP contribution >= 0.6 is 0 Å². The lowest BCUT2D eigenvalue weighted by atomic mass is 10.3. The Morgan fingerprint density at radius 2 is 1.89 bits per heavy atom. The highest BCUT2D eigenvalue weighted by Gasteiger charge is 2.17. The molecular formula is C7H17NSi. The summed E-state index contributed by atoms with van der Waals surface area (Å²) in [5.74, 6) is 0. The van der Waals surface area contributed by atoms with Crippen molar-refractivity contribution in [3.05, 3.63) is 0 Å². The van der Waals surface area contributed by atoms with Gasteiger partial charge in [-0.05, 0) is 19.9 Å². The lowest BCUT2D eigenvalue weighted by Gasteiger charge is -2.21. The van der Waals surface area contributed by atoms with Gasteiger partial charge in [0.15, 0.2) is 0 Å². The van der Waals surface area contributed by atoms with Crippen molar-refractivity contribution < 1.29 is 0 Å². The first-order valence-electron chi connectivity index (χ1n) is 4.05. The number of nitrogens with zero attached hydrogens (tertiary/aromatic N) is 1. The number of hydrogen-bond acceptors (Lipinski definition) is 1. The van der Waals surface area contributed by atoms with Gasteiger partial charge in [-0.3, -0.25) is 0 Å². The highest BCUT2D eigenvalue weighted by molar-refractivity contribution is 6.29. The summed E-state index contributed by atoms with van der Waals surface area (Å²) in [6.45, 7) is 2.37. The summed E-state index contributed by atoms with van der Waals surface area (Å²) in [5, 5.41) is 0. The summed E-state index contributed by atoms with van der Waals surface area (Å²) in [6, 6.07) is 0.974. The van der Waals surface area contributed by atoms with E-state index in [0.29, 0.717) is 0 Å². The zero-order chi connectivity index (χ0) is 6.69. The first kappa shape index (κ1) is 7.29. The van der Waals surface area contributed by atoms with E-state index in [0.717, 1.165) is 6.04 Å². The van der Waals surface area contributed by atoms with E-state index in [1.807, 2.05) is 0 Å². The molecule has 9 heavy (non-hydrogen) atoms. The highest BCUT2D eigenvalue weighted by atomic mass is 28.2. The van der Waals surface area contributed by atoms with Crippen molar-refractivity contribution in [1.82, 2.24) is 4.57 Å². The van der Waals surface area contributed by atoms with Gasteiger partial charge >= 0.3 is 0 Å². The van der Waals surface area contributed by atoms with Crippen LogP contribution in [0.1, 0.15) is 25.7 Å². The van der Waals surface area contributed by atoms with E-state index >= 15 is 0 Å². The molecule has 0 aromatic rings. The first-order valence-corrected chi connectivity index (χ1v) is 6.09. The van der Waals surface area contributed by atoms with Crippen LogP contribution in [0.25, 0.3) is 0 Å². The molecule has 0 amide bonds. The standard InChI is InChI=1S/C7H17NSi/c1-8(9-2)7-5-3-4-6-7/h7H,3-6,9H2,1-2H3. The van der Waals surface area contributed by atoms with Crippen LogP contribution in [0.3, 0.4) is 0 Å². The largest absolute Gasteiger partial charge is 0.329 e. The molecule has 0 atom stereocenters. The molecule has 0 aliphatic heterocycles. The molecule has 0 heterocycles. The predicted molar refractivity (Wildman–Crippen MR) is 44.4 cm³/mol. The van der Waals surface area contributed by atoms with E-state index in [9.17, 15) is 0 Å². The predicted octanol–water partition coefficient (Wildman–Crippen LogP) is 0.993. The molecule has 0 unspecified atom stereocenters. The molecule has 1 saturated carbocycles. The molecule has 1 fully saturated rings. The van der Waals surface area contributed by atoms with Crippen LogP contribution in [-0.2, 0) is 0 Å². The maximum absolute atomic E-state index is 2.60. The maximum Gasteiger partial charge on any atom is 0.0919 e. The average molecular weight is 143 g/mol. The normalized spacial score (nSPS) is 23.0. The second-order valence-electron chi connectivity index (χ2n) is 3.01. The average Bonchev–Trinajstić information content (AvgIpc) is 2.37. The quantitative estimate of drug-likeness (QED) is 0.521. The molecule has 0 saturated heterocycles. The van der Waals surface area contributed by atoms with Gasteiger partial charge in [-0.2, -0.15) is 0 Å². The van der Waals surface area contributed by atoms with E-state index < -0.39 is 0 Å². The summed E-state index contributed by atoms with van der Waals surface area (Å²) >= 11 is 0. The molecular weight excluding hydrogens is 126 g/mol. The third-order valence-corrected chi connectivity index (χ3v) is 3.96. The van der Waals surface area contributed by atoms with E-state index in [4.69, 9.17) is 0 Å². The van der Waals surface area contributed by atoms with Crippen molar-refractivity contribution in [2.75, 3.05) is 7.05 Å². The topological polar surface area (TPSA) is 3.24 Å². The summed E-state index contributed by atoms with van der Waals surface area (Å²) in [5.41, 5.74) is 0. The third-order valence-electron chi connectivity index (χ3n) is 2.45. The van der Waals surface area contributed by atoms with Crippen molar-refractivity contribution in [3.63, 3.8) is 0 Å². The van der Waals surface area contributed by atoms with Crippen LogP contribution < -0.4 is 0 Å². The van der Waals surface area contributed by atoms with Crippen LogP contribution in [0.2, 0.25) is 6.55 Å². The Bertz CT molecular complexity index is 79.0. The van der Waals surface area contributed by atoms with E-state index in [-0.39, 0.29) is 9.68 Å². The fourth-order valence-electron chi connectivity index (χ4n) is 1.60. The zero-order valence-corrected chi connectivity index (χ0v) is 7.97. The molecule has 1 nitrogen and oxygen atoms in total. The Kier molecular flexibility index (Phi) is 2.73. The third kappa shape index (κ3) is 1.80. The molecule has 0 spiro atoms. The van der Waals surface area contributed by atoms with Crippen molar-refractivity contribution in [1.29, 1.82) is 0 Å². The van der Waals surface area contributed by atoms with Crippen LogP contribution in [0, 0.1) is 0 Å². The monoisotopic (exact) mass is 143 g/mol. The molecule has 0 aromatic heterocycles. The Morgan fingerprint density at radius 3 is 2.33 bits per heavy atom. The van der Waals surface area contributed by atoms with Gasteiger partial charge in [0.05, 0.1) is 9.68 Å². The SMILES string of the molecule is C[SiH2]N(C)C1CCCC1. The van der Waals surface area contributed by atoms with E-state index in [1.165, 1.54) is 25.7 Å². The maximum atomic E-state index is 2.60. The molecule has 54 valence electrons. The summed E-state index contributed by atoms with van der Waals surface area (Å²) in [7, 11) is 2.44. The Labute approximate surface area is 60.3 Å². The molecule has 0 aromatic carbocycles. The molecule has 1 aliphatic carbocycles. The number of hydrogen-bond donors (Lipinski definition) is 0. The van der Waals surface area contributed by atoms with Crippen molar-refractivity contribution in [2.24, 2.45) is 0 Å². The first-order chi connectivity index (χ1) is 4.34. The molecule has 0 bridgehead atoms. The van der Waals surface area contributed by atoms with Gasteiger partial charge in [-0.15, -0.1) is 0 Å². The van der Waals surface area contributed by atoms with Crippen LogP contribution in [0.15, 0.2) is 0 Å². The lowest BCUT2D eigenvalue weighted by Crippen LogP contribution is -2.30. The van der Waals surface area contributed by atoms with Crippen LogP contribution in [0.4, 0.5) is 0 Å².